The third kappa shape index (κ3) is 3.61. The summed E-state index contributed by atoms with van der Waals surface area (Å²) in [7, 11) is 0. The van der Waals surface area contributed by atoms with Crippen molar-refractivity contribution >= 4 is 27.3 Å². The molecular formula is C16H17BrN2O2. The molecule has 1 N–H and O–H groups in total. The van der Waals surface area contributed by atoms with Gasteiger partial charge in [-0.15, -0.1) is 0 Å². The van der Waals surface area contributed by atoms with Gasteiger partial charge in [-0.1, -0.05) is 28.1 Å². The quantitative estimate of drug-likeness (QED) is 0.631. The highest BCUT2D eigenvalue weighted by Gasteiger charge is 2.13. The van der Waals surface area contributed by atoms with E-state index in [1.165, 1.54) is 5.56 Å². The van der Waals surface area contributed by atoms with E-state index in [9.17, 15) is 10.1 Å². The molecule has 2 aromatic rings. The van der Waals surface area contributed by atoms with E-state index in [1.54, 1.807) is 13.0 Å². The van der Waals surface area contributed by atoms with Gasteiger partial charge >= 0.3 is 0 Å². The van der Waals surface area contributed by atoms with Gasteiger partial charge < -0.3 is 5.32 Å². The lowest BCUT2D eigenvalue weighted by molar-refractivity contribution is -0.385. The van der Waals surface area contributed by atoms with Crippen LogP contribution < -0.4 is 5.32 Å². The summed E-state index contributed by atoms with van der Waals surface area (Å²) in [6.07, 6.45) is 0. The first-order valence-corrected chi connectivity index (χ1v) is 7.42. The standard InChI is InChI=1S/C16H17BrN2O2/c1-10-7-13(4-5-14(10)17)9-18-15-8-16(19(20)21)12(3)6-11(15)2/h4-8,18H,9H2,1-3H3. The Morgan fingerprint density at radius 3 is 2.43 bits per heavy atom. The maximum Gasteiger partial charge on any atom is 0.274 e. The van der Waals surface area contributed by atoms with Crippen LogP contribution in [0.2, 0.25) is 0 Å². The SMILES string of the molecule is Cc1cc(CNc2cc([N+](=O)[O-])c(C)cc2C)ccc1Br. The van der Waals surface area contributed by atoms with Crippen LogP contribution in [0.25, 0.3) is 0 Å². The topological polar surface area (TPSA) is 55.2 Å². The van der Waals surface area contributed by atoms with E-state index >= 15 is 0 Å². The maximum atomic E-state index is 11.0. The Bertz CT molecular complexity index is 699. The first-order chi connectivity index (χ1) is 9.88. The summed E-state index contributed by atoms with van der Waals surface area (Å²) < 4.78 is 1.08. The van der Waals surface area contributed by atoms with Gasteiger partial charge in [-0.2, -0.15) is 0 Å². The lowest BCUT2D eigenvalue weighted by Gasteiger charge is -2.11. The van der Waals surface area contributed by atoms with Crippen LogP contribution in [-0.2, 0) is 6.54 Å². The Kier molecular flexibility index (Phi) is 4.63. The molecule has 2 aromatic carbocycles. The van der Waals surface area contributed by atoms with Gasteiger partial charge in [0.05, 0.1) is 4.92 Å². The Labute approximate surface area is 132 Å². The summed E-state index contributed by atoms with van der Waals surface area (Å²) in [5.74, 6) is 0. The van der Waals surface area contributed by atoms with Gasteiger partial charge in [0.15, 0.2) is 0 Å². The van der Waals surface area contributed by atoms with E-state index in [0.717, 1.165) is 21.3 Å². The first-order valence-electron chi connectivity index (χ1n) is 6.63. The largest absolute Gasteiger partial charge is 0.381 e. The fourth-order valence-electron chi connectivity index (χ4n) is 2.24. The van der Waals surface area contributed by atoms with Gasteiger partial charge in [-0.05, 0) is 49.6 Å². The molecule has 5 heteroatoms. The van der Waals surface area contributed by atoms with Crippen molar-refractivity contribution in [2.45, 2.75) is 27.3 Å². The van der Waals surface area contributed by atoms with Crippen molar-refractivity contribution in [2.75, 3.05) is 5.32 Å². The number of aryl methyl sites for hydroxylation is 3. The Morgan fingerprint density at radius 1 is 1.10 bits per heavy atom. The van der Waals surface area contributed by atoms with Crippen molar-refractivity contribution in [1.29, 1.82) is 0 Å². The fraction of sp³-hybridized carbons (Fsp3) is 0.250. The van der Waals surface area contributed by atoms with E-state index in [-0.39, 0.29) is 10.6 Å². The minimum Gasteiger partial charge on any atom is -0.381 e. The second-order valence-corrected chi connectivity index (χ2v) is 6.00. The average Bonchev–Trinajstić information content (AvgIpc) is 2.41. The van der Waals surface area contributed by atoms with Crippen LogP contribution in [0.15, 0.2) is 34.8 Å². The number of benzene rings is 2. The fourth-order valence-corrected chi connectivity index (χ4v) is 2.49. The normalized spacial score (nSPS) is 10.5. The van der Waals surface area contributed by atoms with Crippen LogP contribution in [0.3, 0.4) is 0 Å². The molecule has 4 nitrogen and oxygen atoms in total. The second kappa shape index (κ2) is 6.26. The number of nitrogens with zero attached hydrogens (tertiary/aromatic N) is 1. The van der Waals surface area contributed by atoms with Crippen LogP contribution in [0, 0.1) is 30.9 Å². The number of nitro benzene ring substituents is 1. The molecule has 0 saturated carbocycles. The molecule has 0 amide bonds. The lowest BCUT2D eigenvalue weighted by atomic mass is 10.1. The third-order valence-electron chi connectivity index (χ3n) is 3.44. The van der Waals surface area contributed by atoms with Gasteiger partial charge in [-0.3, -0.25) is 10.1 Å². The highest BCUT2D eigenvalue weighted by atomic mass is 79.9. The van der Waals surface area contributed by atoms with E-state index in [0.29, 0.717) is 12.1 Å². The van der Waals surface area contributed by atoms with Crippen molar-refractivity contribution in [3.05, 3.63) is 67.2 Å². The Balaban J connectivity index is 2.21. The average molecular weight is 349 g/mol. The van der Waals surface area contributed by atoms with Crippen molar-refractivity contribution in [3.8, 4) is 0 Å². The number of rotatable bonds is 4. The third-order valence-corrected chi connectivity index (χ3v) is 4.33. The smallest absolute Gasteiger partial charge is 0.274 e. The summed E-state index contributed by atoms with van der Waals surface area (Å²) in [5, 5.41) is 14.3. The Hall–Kier alpha value is -1.88. The molecule has 2 rings (SSSR count). The van der Waals surface area contributed by atoms with Crippen molar-refractivity contribution in [2.24, 2.45) is 0 Å². The molecule has 0 radical (unpaired) electrons. The molecule has 0 atom stereocenters. The van der Waals surface area contributed by atoms with Crippen molar-refractivity contribution in [3.63, 3.8) is 0 Å². The molecule has 21 heavy (non-hydrogen) atoms. The summed E-state index contributed by atoms with van der Waals surface area (Å²) in [5.41, 5.74) is 4.94. The number of hydrogen-bond acceptors (Lipinski definition) is 3. The zero-order valence-electron chi connectivity index (χ0n) is 12.2. The van der Waals surface area contributed by atoms with Crippen LogP contribution in [0.5, 0.6) is 0 Å². The number of nitro groups is 1. The Morgan fingerprint density at radius 2 is 1.81 bits per heavy atom. The lowest BCUT2D eigenvalue weighted by Crippen LogP contribution is -2.03. The second-order valence-electron chi connectivity index (χ2n) is 5.15. The molecule has 0 spiro atoms. The molecule has 0 fully saturated rings. The van der Waals surface area contributed by atoms with Crippen LogP contribution in [0.4, 0.5) is 11.4 Å². The molecule has 0 aromatic heterocycles. The van der Waals surface area contributed by atoms with Gasteiger partial charge in [0.2, 0.25) is 0 Å². The van der Waals surface area contributed by atoms with E-state index < -0.39 is 0 Å². The molecule has 0 aliphatic rings. The molecule has 110 valence electrons. The van der Waals surface area contributed by atoms with E-state index in [1.807, 2.05) is 32.0 Å². The van der Waals surface area contributed by atoms with Crippen LogP contribution >= 0.6 is 15.9 Å². The van der Waals surface area contributed by atoms with E-state index in [2.05, 4.69) is 27.3 Å². The zero-order valence-corrected chi connectivity index (χ0v) is 13.8. The molecule has 0 aliphatic heterocycles. The summed E-state index contributed by atoms with van der Waals surface area (Å²) >= 11 is 3.48. The predicted molar refractivity (Wildman–Crippen MR) is 88.8 cm³/mol. The van der Waals surface area contributed by atoms with Crippen LogP contribution in [0.1, 0.15) is 22.3 Å². The number of anilines is 1. The number of nitrogens with one attached hydrogen (secondary N) is 1. The number of hydrogen-bond donors (Lipinski definition) is 1. The zero-order chi connectivity index (χ0) is 15.6. The minimum atomic E-state index is -0.344. The monoisotopic (exact) mass is 348 g/mol. The van der Waals surface area contributed by atoms with Crippen molar-refractivity contribution in [1.82, 2.24) is 0 Å². The minimum absolute atomic E-state index is 0.148. The van der Waals surface area contributed by atoms with Gasteiger partial charge in [0.25, 0.3) is 5.69 Å². The molecule has 0 unspecified atom stereocenters. The molecule has 0 aliphatic carbocycles. The maximum absolute atomic E-state index is 11.0. The molecular weight excluding hydrogens is 332 g/mol. The van der Waals surface area contributed by atoms with Gasteiger partial charge in [0, 0.05) is 28.3 Å². The number of halogens is 1. The summed E-state index contributed by atoms with van der Waals surface area (Å²) in [6, 6.07) is 9.58. The summed E-state index contributed by atoms with van der Waals surface area (Å²) in [6.45, 7) is 6.38. The highest BCUT2D eigenvalue weighted by Crippen LogP contribution is 2.27. The van der Waals surface area contributed by atoms with Crippen molar-refractivity contribution < 1.29 is 4.92 Å². The predicted octanol–water partition coefficient (Wildman–Crippen LogP) is 4.89. The molecule has 0 saturated heterocycles. The van der Waals surface area contributed by atoms with Crippen LogP contribution in [-0.4, -0.2) is 4.92 Å². The van der Waals surface area contributed by atoms with Gasteiger partial charge in [-0.25, -0.2) is 0 Å². The van der Waals surface area contributed by atoms with Gasteiger partial charge in [0.1, 0.15) is 0 Å². The first kappa shape index (κ1) is 15.5. The summed E-state index contributed by atoms with van der Waals surface area (Å²) in [4.78, 5) is 10.7. The molecule has 0 bridgehead atoms. The molecule has 0 heterocycles. The van der Waals surface area contributed by atoms with E-state index in [4.69, 9.17) is 0 Å². The highest BCUT2D eigenvalue weighted by molar-refractivity contribution is 9.10.